The summed E-state index contributed by atoms with van der Waals surface area (Å²) in [6, 6.07) is 6.73. The first-order valence-electron chi connectivity index (χ1n) is 12.6. The van der Waals surface area contributed by atoms with E-state index in [-0.39, 0.29) is 23.6 Å². The second kappa shape index (κ2) is 11.6. The number of aromatic nitrogens is 1. The van der Waals surface area contributed by atoms with Crippen molar-refractivity contribution >= 4 is 23.5 Å². The monoisotopic (exact) mass is 519 g/mol. The molecule has 2 N–H and O–H groups in total. The number of aryl methyl sites for hydroxylation is 3. The highest BCUT2D eigenvalue weighted by atomic mass is 35.5. The Morgan fingerprint density at radius 3 is 2.81 bits per heavy atom. The van der Waals surface area contributed by atoms with Gasteiger partial charge in [0.05, 0.1) is 10.6 Å². The van der Waals surface area contributed by atoms with E-state index in [2.05, 4.69) is 11.4 Å². The number of likely N-dealkylation sites (tertiary alicyclic amines) is 1. The van der Waals surface area contributed by atoms with Gasteiger partial charge >= 0.3 is 5.97 Å². The summed E-state index contributed by atoms with van der Waals surface area (Å²) < 4.78 is 29.4. The highest BCUT2D eigenvalue weighted by molar-refractivity contribution is 6.34. The summed E-state index contributed by atoms with van der Waals surface area (Å²) in [6.45, 7) is 1.20. The first-order chi connectivity index (χ1) is 17.2. The number of hydrogen-bond donors (Lipinski definition) is 2. The average molecular weight is 520 g/mol. The van der Waals surface area contributed by atoms with E-state index in [1.54, 1.807) is 0 Å². The van der Waals surface area contributed by atoms with Gasteiger partial charge in [-0.05, 0) is 88.1 Å². The summed E-state index contributed by atoms with van der Waals surface area (Å²) in [5.74, 6) is -2.73. The van der Waals surface area contributed by atoms with Gasteiger partial charge in [0.1, 0.15) is 17.5 Å². The normalized spacial score (nSPS) is 21.0. The van der Waals surface area contributed by atoms with Gasteiger partial charge < -0.3 is 15.3 Å². The van der Waals surface area contributed by atoms with Crippen molar-refractivity contribution in [1.29, 1.82) is 0 Å². The van der Waals surface area contributed by atoms with Crippen molar-refractivity contribution in [3.8, 4) is 0 Å². The molecule has 0 radical (unpaired) electrons. The number of piperidine rings is 1. The minimum absolute atomic E-state index is 0.0937. The first kappa shape index (κ1) is 26.5. The van der Waals surface area contributed by atoms with E-state index in [1.165, 1.54) is 24.1 Å². The summed E-state index contributed by atoms with van der Waals surface area (Å²) in [6.07, 6.45) is 6.58. The van der Waals surface area contributed by atoms with E-state index in [9.17, 15) is 19.1 Å². The van der Waals surface area contributed by atoms with E-state index in [1.807, 2.05) is 11.0 Å². The molecule has 1 aromatic carbocycles. The van der Waals surface area contributed by atoms with Crippen molar-refractivity contribution in [2.75, 3.05) is 19.6 Å². The summed E-state index contributed by atoms with van der Waals surface area (Å²) in [5.41, 5.74) is 1.89. The third-order valence-corrected chi connectivity index (χ3v) is 7.59. The van der Waals surface area contributed by atoms with Crippen molar-refractivity contribution in [2.45, 2.75) is 69.5 Å². The number of amides is 1. The zero-order chi connectivity index (χ0) is 25.7. The lowest BCUT2D eigenvalue weighted by Crippen LogP contribution is -2.48. The van der Waals surface area contributed by atoms with Gasteiger partial charge in [-0.25, -0.2) is 13.6 Å². The number of fused-ring (bicyclic) bond motifs is 1. The van der Waals surface area contributed by atoms with Gasteiger partial charge in [0.15, 0.2) is 0 Å². The summed E-state index contributed by atoms with van der Waals surface area (Å²) in [7, 11) is 0. The molecule has 1 aliphatic heterocycles. The predicted molar refractivity (Wildman–Crippen MR) is 134 cm³/mol. The molecule has 6 nitrogen and oxygen atoms in total. The number of carbonyl (C=O) groups excluding carboxylic acids is 1. The molecular weight excluding hydrogens is 488 g/mol. The van der Waals surface area contributed by atoms with Crippen LogP contribution in [0, 0.1) is 5.82 Å². The number of benzene rings is 1. The molecule has 194 valence electrons. The summed E-state index contributed by atoms with van der Waals surface area (Å²) in [4.78, 5) is 30.9. The molecule has 0 saturated carbocycles. The van der Waals surface area contributed by atoms with Gasteiger partial charge in [-0.2, -0.15) is 0 Å². The second-order valence-corrected chi connectivity index (χ2v) is 10.3. The fourth-order valence-corrected chi connectivity index (χ4v) is 5.39. The summed E-state index contributed by atoms with van der Waals surface area (Å²) >= 11 is 5.85. The lowest BCUT2D eigenvalue weighted by Gasteiger charge is -2.38. The maximum absolute atomic E-state index is 15.7. The van der Waals surface area contributed by atoms with E-state index in [0.717, 1.165) is 36.7 Å². The molecular formula is C27H32ClF2N3O3. The number of carbonyl (C=O) groups is 2. The molecule has 1 amide bonds. The van der Waals surface area contributed by atoms with Crippen LogP contribution in [0.2, 0.25) is 5.02 Å². The summed E-state index contributed by atoms with van der Waals surface area (Å²) in [5, 5.41) is 11.7. The van der Waals surface area contributed by atoms with Gasteiger partial charge in [-0.15, -0.1) is 0 Å². The molecule has 2 heterocycles. The van der Waals surface area contributed by atoms with Gasteiger partial charge in [0.2, 0.25) is 0 Å². The fourth-order valence-electron chi connectivity index (χ4n) is 5.18. The van der Waals surface area contributed by atoms with Gasteiger partial charge in [-0.1, -0.05) is 23.7 Å². The Kier molecular flexibility index (Phi) is 8.57. The Morgan fingerprint density at radius 2 is 2.00 bits per heavy atom. The van der Waals surface area contributed by atoms with Crippen LogP contribution in [0.4, 0.5) is 8.78 Å². The van der Waals surface area contributed by atoms with Crippen molar-refractivity contribution in [3.63, 3.8) is 0 Å². The number of rotatable bonds is 9. The van der Waals surface area contributed by atoms with Gasteiger partial charge in [0.25, 0.3) is 5.91 Å². The van der Waals surface area contributed by atoms with Crippen LogP contribution in [0.1, 0.15) is 65.8 Å². The predicted octanol–water partition coefficient (Wildman–Crippen LogP) is 4.76. The zero-order valence-corrected chi connectivity index (χ0v) is 21.0. The van der Waals surface area contributed by atoms with Crippen LogP contribution in [0.5, 0.6) is 0 Å². The zero-order valence-electron chi connectivity index (χ0n) is 20.2. The lowest BCUT2D eigenvalue weighted by molar-refractivity contribution is -0.139. The Hall–Kier alpha value is -2.58. The van der Waals surface area contributed by atoms with Gasteiger partial charge in [0, 0.05) is 24.5 Å². The van der Waals surface area contributed by atoms with Crippen molar-refractivity contribution < 1.29 is 23.5 Å². The molecule has 2 aliphatic rings. The molecule has 9 heteroatoms. The molecule has 0 spiro atoms. The number of hydrogen-bond acceptors (Lipinski definition) is 4. The number of aliphatic carboxylic acids is 1. The number of nitrogens with zero attached hydrogens (tertiary/aromatic N) is 2. The molecule has 0 unspecified atom stereocenters. The van der Waals surface area contributed by atoms with Crippen molar-refractivity contribution in [1.82, 2.24) is 15.2 Å². The number of pyridine rings is 1. The van der Waals surface area contributed by atoms with Crippen LogP contribution in [-0.2, 0) is 24.1 Å². The highest BCUT2D eigenvalue weighted by Crippen LogP contribution is 2.31. The maximum atomic E-state index is 15.7. The van der Waals surface area contributed by atoms with E-state index in [4.69, 9.17) is 16.6 Å². The number of carboxylic acids is 1. The Labute approximate surface area is 215 Å². The van der Waals surface area contributed by atoms with Crippen LogP contribution in [-0.4, -0.2) is 58.2 Å². The second-order valence-electron chi connectivity index (χ2n) is 9.90. The number of nitrogens with one attached hydrogen (secondary N) is 1. The first-order valence-corrected chi connectivity index (χ1v) is 13.0. The molecule has 1 aromatic heterocycles. The number of carboxylic acid groups (broad SMARTS) is 1. The van der Waals surface area contributed by atoms with Crippen LogP contribution in [0.15, 0.2) is 30.3 Å². The lowest BCUT2D eigenvalue weighted by atomic mass is 9.88. The average Bonchev–Trinajstić information content (AvgIpc) is 2.86. The Bertz CT molecular complexity index is 1120. The topological polar surface area (TPSA) is 82.5 Å². The molecule has 4 rings (SSSR count). The molecule has 1 fully saturated rings. The minimum Gasteiger partial charge on any atom is -0.480 e. The Morgan fingerprint density at radius 1 is 1.19 bits per heavy atom. The van der Waals surface area contributed by atoms with Crippen LogP contribution in [0.25, 0.3) is 0 Å². The van der Waals surface area contributed by atoms with Crippen LogP contribution >= 0.6 is 11.6 Å². The molecule has 36 heavy (non-hydrogen) atoms. The molecule has 1 saturated heterocycles. The fraction of sp³-hybridized carbons (Fsp3) is 0.519. The standard InChI is InChI=1S/C27H32ClF2N3O3/c28-24-20(6-3-7-21(24)29)25(34)32-23(26(35)36)12-16-33-15-4-13-27(30,17-33)14-11-19-10-9-18-5-1-2-8-22(18)31-19/h3,6-7,9-10,23H,1-2,4-5,8,11-17H2,(H,32,34)(H,35,36)/t23-,27-/m0/s1. The number of halogens is 3. The Balaban J connectivity index is 1.31. The smallest absolute Gasteiger partial charge is 0.326 e. The largest absolute Gasteiger partial charge is 0.480 e. The maximum Gasteiger partial charge on any atom is 0.326 e. The molecule has 1 aliphatic carbocycles. The third-order valence-electron chi connectivity index (χ3n) is 7.20. The van der Waals surface area contributed by atoms with Crippen molar-refractivity contribution in [3.05, 3.63) is 63.7 Å². The van der Waals surface area contributed by atoms with Gasteiger partial charge in [-0.3, -0.25) is 9.78 Å². The molecule has 0 bridgehead atoms. The molecule has 2 atom stereocenters. The molecule has 2 aromatic rings. The third kappa shape index (κ3) is 6.59. The van der Waals surface area contributed by atoms with Crippen LogP contribution in [0.3, 0.4) is 0 Å². The quantitative estimate of drug-likeness (QED) is 0.499. The number of alkyl halides is 1. The SMILES string of the molecule is O=C(N[C@@H](CCN1CCC[C@](F)(CCc2ccc3c(n2)CCCC3)C1)C(=O)O)c1cccc(F)c1Cl. The van der Waals surface area contributed by atoms with E-state index in [0.29, 0.717) is 38.8 Å². The highest BCUT2D eigenvalue weighted by Gasteiger charge is 2.35. The van der Waals surface area contributed by atoms with Crippen molar-refractivity contribution in [2.24, 2.45) is 0 Å². The van der Waals surface area contributed by atoms with Crippen LogP contribution < -0.4 is 5.32 Å². The van der Waals surface area contributed by atoms with E-state index < -0.39 is 29.4 Å². The minimum atomic E-state index is -1.37. The van der Waals surface area contributed by atoms with E-state index >= 15 is 4.39 Å².